The average Bonchev–Trinajstić information content (AvgIpc) is 2.93. The lowest BCUT2D eigenvalue weighted by Gasteiger charge is -2.14. The standard InChI is InChI=1S/C17H16N2O4S2/c1-24-14-4-2-3-12(11-14)18-25(22,23)15-7-5-13(6-8-15)19-16(20)9-10-17(19)21/h2-8,11,18H,9-10H2,1H3. The van der Waals surface area contributed by atoms with Crippen molar-refractivity contribution >= 4 is 45.0 Å². The second-order valence-electron chi connectivity index (χ2n) is 5.45. The van der Waals surface area contributed by atoms with Crippen LogP contribution in [0.3, 0.4) is 0 Å². The zero-order valence-corrected chi connectivity index (χ0v) is 15.1. The first-order valence-corrected chi connectivity index (χ1v) is 10.2. The van der Waals surface area contributed by atoms with Gasteiger partial charge in [-0.1, -0.05) is 6.07 Å². The number of carbonyl (C=O) groups is 2. The van der Waals surface area contributed by atoms with E-state index in [-0.39, 0.29) is 29.6 Å². The molecule has 1 heterocycles. The van der Waals surface area contributed by atoms with Gasteiger partial charge in [0.05, 0.1) is 10.6 Å². The number of sulfonamides is 1. The van der Waals surface area contributed by atoms with Crippen molar-refractivity contribution in [2.45, 2.75) is 22.6 Å². The molecule has 0 unspecified atom stereocenters. The Morgan fingerprint density at radius 3 is 2.24 bits per heavy atom. The van der Waals surface area contributed by atoms with Crippen molar-refractivity contribution in [1.29, 1.82) is 0 Å². The smallest absolute Gasteiger partial charge is 0.261 e. The first-order chi connectivity index (χ1) is 11.9. The van der Waals surface area contributed by atoms with Gasteiger partial charge in [-0.05, 0) is 48.7 Å². The fourth-order valence-electron chi connectivity index (χ4n) is 2.54. The summed E-state index contributed by atoms with van der Waals surface area (Å²) >= 11 is 1.52. The fourth-order valence-corrected chi connectivity index (χ4v) is 4.05. The van der Waals surface area contributed by atoms with Gasteiger partial charge in [-0.2, -0.15) is 0 Å². The first kappa shape index (κ1) is 17.5. The van der Waals surface area contributed by atoms with Crippen molar-refractivity contribution < 1.29 is 18.0 Å². The van der Waals surface area contributed by atoms with Gasteiger partial charge in [0.25, 0.3) is 10.0 Å². The summed E-state index contributed by atoms with van der Waals surface area (Å²) < 4.78 is 27.5. The Labute approximate surface area is 150 Å². The van der Waals surface area contributed by atoms with E-state index in [4.69, 9.17) is 0 Å². The van der Waals surface area contributed by atoms with Crippen LogP contribution in [0, 0.1) is 0 Å². The van der Waals surface area contributed by atoms with E-state index in [1.165, 1.54) is 36.0 Å². The number of rotatable bonds is 5. The normalized spacial score (nSPS) is 14.8. The predicted octanol–water partition coefficient (Wildman–Crippen LogP) is 2.86. The molecule has 2 aromatic carbocycles. The molecule has 1 N–H and O–H groups in total. The van der Waals surface area contributed by atoms with Crippen LogP contribution in [0.1, 0.15) is 12.8 Å². The minimum absolute atomic E-state index is 0.0601. The van der Waals surface area contributed by atoms with Crippen LogP contribution in [0.5, 0.6) is 0 Å². The van der Waals surface area contributed by atoms with Crippen molar-refractivity contribution in [3.8, 4) is 0 Å². The van der Waals surface area contributed by atoms with E-state index < -0.39 is 10.0 Å². The molecule has 1 aliphatic rings. The van der Waals surface area contributed by atoms with Gasteiger partial charge in [0, 0.05) is 23.4 Å². The molecule has 1 saturated heterocycles. The third-order valence-electron chi connectivity index (χ3n) is 3.78. The maximum Gasteiger partial charge on any atom is 0.261 e. The van der Waals surface area contributed by atoms with Crippen LogP contribution in [0.2, 0.25) is 0 Å². The molecule has 2 aromatic rings. The zero-order chi connectivity index (χ0) is 18.0. The van der Waals surface area contributed by atoms with Crippen LogP contribution in [0.4, 0.5) is 11.4 Å². The largest absolute Gasteiger partial charge is 0.280 e. The van der Waals surface area contributed by atoms with E-state index in [9.17, 15) is 18.0 Å². The number of anilines is 2. The molecule has 1 aliphatic heterocycles. The lowest BCUT2D eigenvalue weighted by molar-refractivity contribution is -0.121. The van der Waals surface area contributed by atoms with Crippen LogP contribution in [-0.2, 0) is 19.6 Å². The molecule has 25 heavy (non-hydrogen) atoms. The molecule has 0 aliphatic carbocycles. The molecule has 3 rings (SSSR count). The molecule has 0 saturated carbocycles. The quantitative estimate of drug-likeness (QED) is 0.641. The number of nitrogens with zero attached hydrogens (tertiary/aromatic N) is 1. The second kappa shape index (κ2) is 6.89. The minimum Gasteiger partial charge on any atom is -0.280 e. The topological polar surface area (TPSA) is 83.6 Å². The Morgan fingerprint density at radius 2 is 1.64 bits per heavy atom. The summed E-state index contributed by atoms with van der Waals surface area (Å²) in [5, 5.41) is 0. The van der Waals surface area contributed by atoms with E-state index in [1.807, 2.05) is 12.3 Å². The van der Waals surface area contributed by atoms with Crippen LogP contribution in [0.15, 0.2) is 58.3 Å². The summed E-state index contributed by atoms with van der Waals surface area (Å²) in [6.45, 7) is 0. The highest BCUT2D eigenvalue weighted by atomic mass is 32.2. The highest BCUT2D eigenvalue weighted by Gasteiger charge is 2.30. The lowest BCUT2D eigenvalue weighted by atomic mass is 10.3. The van der Waals surface area contributed by atoms with E-state index in [0.717, 1.165) is 9.80 Å². The SMILES string of the molecule is CSc1cccc(NS(=O)(=O)c2ccc(N3C(=O)CCC3=O)cc2)c1. The monoisotopic (exact) mass is 376 g/mol. The number of imide groups is 1. The fraction of sp³-hybridized carbons (Fsp3) is 0.176. The number of thioether (sulfide) groups is 1. The van der Waals surface area contributed by atoms with Crippen molar-refractivity contribution in [2.24, 2.45) is 0 Å². The molecule has 6 nitrogen and oxygen atoms in total. The Bertz CT molecular complexity index is 908. The third-order valence-corrected chi connectivity index (χ3v) is 5.90. The summed E-state index contributed by atoms with van der Waals surface area (Å²) in [7, 11) is -3.75. The first-order valence-electron chi connectivity index (χ1n) is 7.53. The van der Waals surface area contributed by atoms with Gasteiger partial charge in [0.1, 0.15) is 0 Å². The molecular weight excluding hydrogens is 360 g/mol. The van der Waals surface area contributed by atoms with Crippen LogP contribution in [-0.4, -0.2) is 26.5 Å². The van der Waals surface area contributed by atoms with Crippen molar-refractivity contribution in [1.82, 2.24) is 0 Å². The Balaban J connectivity index is 1.83. The number of nitrogens with one attached hydrogen (secondary N) is 1. The van der Waals surface area contributed by atoms with Gasteiger partial charge in [-0.3, -0.25) is 19.2 Å². The average molecular weight is 376 g/mol. The molecule has 0 atom stereocenters. The summed E-state index contributed by atoms with van der Waals surface area (Å²) in [4.78, 5) is 25.6. The van der Waals surface area contributed by atoms with E-state index in [1.54, 1.807) is 18.2 Å². The minimum atomic E-state index is -3.75. The van der Waals surface area contributed by atoms with Gasteiger partial charge in [0.15, 0.2) is 0 Å². The van der Waals surface area contributed by atoms with Gasteiger partial charge < -0.3 is 0 Å². The van der Waals surface area contributed by atoms with Gasteiger partial charge in [-0.15, -0.1) is 11.8 Å². The highest BCUT2D eigenvalue weighted by Crippen LogP contribution is 2.25. The van der Waals surface area contributed by atoms with E-state index >= 15 is 0 Å². The highest BCUT2D eigenvalue weighted by molar-refractivity contribution is 7.98. The summed E-state index contributed by atoms with van der Waals surface area (Å²) in [5.74, 6) is -0.541. The molecular formula is C17H16N2O4S2. The maximum absolute atomic E-state index is 12.5. The molecule has 0 aromatic heterocycles. The summed E-state index contributed by atoms with van der Waals surface area (Å²) in [5.41, 5.74) is 0.858. The molecule has 0 radical (unpaired) electrons. The zero-order valence-electron chi connectivity index (χ0n) is 13.4. The van der Waals surface area contributed by atoms with Crippen LogP contribution in [0.25, 0.3) is 0 Å². The van der Waals surface area contributed by atoms with Gasteiger partial charge in [0.2, 0.25) is 11.8 Å². The molecule has 0 bridgehead atoms. The van der Waals surface area contributed by atoms with Gasteiger partial charge in [-0.25, -0.2) is 8.42 Å². The lowest BCUT2D eigenvalue weighted by Crippen LogP contribution is -2.28. The Hall–Kier alpha value is -2.32. The Kier molecular flexibility index (Phi) is 4.82. The number of amides is 2. The number of carbonyl (C=O) groups excluding carboxylic acids is 2. The van der Waals surface area contributed by atoms with Crippen molar-refractivity contribution in [2.75, 3.05) is 15.9 Å². The molecule has 8 heteroatoms. The number of hydrogen-bond donors (Lipinski definition) is 1. The van der Waals surface area contributed by atoms with E-state index in [0.29, 0.717) is 11.4 Å². The van der Waals surface area contributed by atoms with Crippen LogP contribution >= 0.6 is 11.8 Å². The summed E-state index contributed by atoms with van der Waals surface area (Å²) in [6, 6.07) is 12.8. The molecule has 0 spiro atoms. The predicted molar refractivity (Wildman–Crippen MR) is 97.2 cm³/mol. The van der Waals surface area contributed by atoms with Crippen molar-refractivity contribution in [3.63, 3.8) is 0 Å². The maximum atomic E-state index is 12.5. The summed E-state index contributed by atoms with van der Waals surface area (Å²) in [6.07, 6.45) is 2.28. The number of benzene rings is 2. The molecule has 1 fully saturated rings. The van der Waals surface area contributed by atoms with E-state index in [2.05, 4.69) is 4.72 Å². The molecule has 2 amide bonds. The third kappa shape index (κ3) is 3.69. The number of hydrogen-bond acceptors (Lipinski definition) is 5. The van der Waals surface area contributed by atoms with Crippen molar-refractivity contribution in [3.05, 3.63) is 48.5 Å². The Morgan fingerprint density at radius 1 is 1.00 bits per heavy atom. The van der Waals surface area contributed by atoms with Crippen LogP contribution < -0.4 is 9.62 Å². The second-order valence-corrected chi connectivity index (χ2v) is 8.02. The van der Waals surface area contributed by atoms with Gasteiger partial charge >= 0.3 is 0 Å². The molecule has 130 valence electrons.